The predicted molar refractivity (Wildman–Crippen MR) is 151 cm³/mol. The normalized spacial score (nSPS) is 10.5. The van der Waals surface area contributed by atoms with Crippen molar-refractivity contribution < 1.29 is 19.1 Å². The lowest BCUT2D eigenvalue weighted by molar-refractivity contribution is -0.137. The molecule has 1 N–H and O–H groups in total. The largest absolute Gasteiger partial charge is 0.463 e. The molecule has 0 saturated heterocycles. The molecular weight excluding hydrogens is 486 g/mol. The van der Waals surface area contributed by atoms with Gasteiger partial charge in [0.15, 0.2) is 0 Å². The molecule has 5 nitrogen and oxygen atoms in total. The number of rotatable bonds is 16. The molecule has 2 aromatic rings. The third-order valence-corrected chi connectivity index (χ3v) is 5.92. The number of halogens is 1. The van der Waals surface area contributed by atoms with Crippen LogP contribution < -0.4 is 5.32 Å². The summed E-state index contributed by atoms with van der Waals surface area (Å²) in [7, 11) is 0. The smallest absolute Gasteiger partial charge is 0.342 e. The summed E-state index contributed by atoms with van der Waals surface area (Å²) in [5, 5.41) is 4.13. The van der Waals surface area contributed by atoms with Gasteiger partial charge in [-0.2, -0.15) is 0 Å². The standard InChI is InChI=1S/C31H38ClNO4/c1-2-36-30(34)23-25-37-31(35)27-17-21-29(22-18-27)33-24-13-11-9-7-5-3-4-6-8-10-12-14-26-15-19-28(32)20-16-26/h15-23,25,33H,2-11,13,24H2,1H3/b25-23+. The van der Waals surface area contributed by atoms with E-state index < -0.39 is 11.9 Å². The van der Waals surface area contributed by atoms with Crippen LogP contribution in [0.4, 0.5) is 5.69 Å². The number of benzene rings is 2. The summed E-state index contributed by atoms with van der Waals surface area (Å²) in [5.74, 6) is 5.38. The van der Waals surface area contributed by atoms with Crippen molar-refractivity contribution in [3.8, 4) is 11.8 Å². The second kappa shape index (κ2) is 19.0. The van der Waals surface area contributed by atoms with Gasteiger partial charge in [-0.05, 0) is 68.3 Å². The SMILES string of the molecule is CCOC(=O)/C=C/OC(=O)c1ccc(NCCCCCCCCCCCC#Cc2ccc(Cl)cc2)cc1. The minimum absolute atomic E-state index is 0.274. The predicted octanol–water partition coefficient (Wildman–Crippen LogP) is 7.94. The molecule has 198 valence electrons. The Hall–Kier alpha value is -3.23. The number of hydrogen-bond donors (Lipinski definition) is 1. The number of anilines is 1. The first kappa shape index (κ1) is 30.0. The molecule has 0 radical (unpaired) electrons. The Kier molecular flexibility index (Phi) is 15.4. The molecule has 6 heteroatoms. The molecular formula is C31H38ClNO4. The summed E-state index contributed by atoms with van der Waals surface area (Å²) in [4.78, 5) is 23.2. The fourth-order valence-corrected chi connectivity index (χ4v) is 3.77. The summed E-state index contributed by atoms with van der Waals surface area (Å²) in [6, 6.07) is 14.8. The van der Waals surface area contributed by atoms with Gasteiger partial charge in [-0.15, -0.1) is 0 Å². The van der Waals surface area contributed by atoms with Crippen LogP contribution >= 0.6 is 11.6 Å². The van der Waals surface area contributed by atoms with E-state index in [-0.39, 0.29) is 6.61 Å². The van der Waals surface area contributed by atoms with Crippen LogP contribution in [0.3, 0.4) is 0 Å². The van der Waals surface area contributed by atoms with Crippen molar-refractivity contribution in [2.45, 2.75) is 71.1 Å². The number of nitrogens with one attached hydrogen (secondary N) is 1. The molecule has 0 unspecified atom stereocenters. The van der Waals surface area contributed by atoms with Crippen LogP contribution in [0.2, 0.25) is 5.02 Å². The summed E-state index contributed by atoms with van der Waals surface area (Å²) in [5.41, 5.74) is 2.42. The Morgan fingerprint density at radius 1 is 0.865 bits per heavy atom. The minimum Gasteiger partial charge on any atom is -0.463 e. The van der Waals surface area contributed by atoms with Crippen LogP contribution in [0.1, 0.15) is 87.1 Å². The first-order valence-electron chi connectivity index (χ1n) is 13.2. The van der Waals surface area contributed by atoms with Gasteiger partial charge in [0, 0.05) is 29.2 Å². The third kappa shape index (κ3) is 14.2. The third-order valence-electron chi connectivity index (χ3n) is 5.67. The lowest BCUT2D eigenvalue weighted by atomic mass is 10.1. The van der Waals surface area contributed by atoms with E-state index in [1.165, 1.54) is 51.4 Å². The molecule has 0 bridgehead atoms. The fourth-order valence-electron chi connectivity index (χ4n) is 3.64. The molecule has 0 fully saturated rings. The van der Waals surface area contributed by atoms with E-state index in [9.17, 15) is 9.59 Å². The van der Waals surface area contributed by atoms with Gasteiger partial charge in [0.05, 0.1) is 18.2 Å². The summed E-state index contributed by atoms with van der Waals surface area (Å²) in [6.07, 6.45) is 14.3. The maximum absolute atomic E-state index is 12.0. The van der Waals surface area contributed by atoms with E-state index in [1.807, 2.05) is 36.4 Å². The zero-order chi connectivity index (χ0) is 26.6. The molecule has 37 heavy (non-hydrogen) atoms. The molecule has 0 spiro atoms. The van der Waals surface area contributed by atoms with Crippen molar-refractivity contribution in [2.24, 2.45) is 0 Å². The van der Waals surface area contributed by atoms with Gasteiger partial charge >= 0.3 is 11.9 Å². The minimum atomic E-state index is -0.543. The van der Waals surface area contributed by atoms with E-state index in [4.69, 9.17) is 21.1 Å². The zero-order valence-corrected chi connectivity index (χ0v) is 22.5. The molecule has 0 aliphatic heterocycles. The number of carbonyl (C=O) groups excluding carboxylic acids is 2. The highest BCUT2D eigenvalue weighted by molar-refractivity contribution is 6.30. The van der Waals surface area contributed by atoms with Crippen molar-refractivity contribution in [3.05, 3.63) is 77.0 Å². The van der Waals surface area contributed by atoms with Crippen LogP contribution in [0.25, 0.3) is 0 Å². The summed E-state index contributed by atoms with van der Waals surface area (Å²) in [6.45, 7) is 2.89. The van der Waals surface area contributed by atoms with Crippen molar-refractivity contribution in [2.75, 3.05) is 18.5 Å². The molecule has 0 heterocycles. The maximum Gasteiger partial charge on any atom is 0.342 e. The van der Waals surface area contributed by atoms with Crippen LogP contribution in [0, 0.1) is 11.8 Å². The molecule has 0 aliphatic carbocycles. The van der Waals surface area contributed by atoms with Crippen molar-refractivity contribution in [1.29, 1.82) is 0 Å². The first-order chi connectivity index (χ1) is 18.1. The lowest BCUT2D eigenvalue weighted by Gasteiger charge is -2.07. The van der Waals surface area contributed by atoms with Gasteiger partial charge in [0.2, 0.25) is 0 Å². The Balaban J connectivity index is 1.43. The van der Waals surface area contributed by atoms with Crippen LogP contribution in [0.5, 0.6) is 0 Å². The van der Waals surface area contributed by atoms with E-state index in [0.717, 1.165) is 48.0 Å². The van der Waals surface area contributed by atoms with Gasteiger partial charge in [-0.3, -0.25) is 0 Å². The fraction of sp³-hybridized carbons (Fsp3) is 0.419. The molecule has 0 amide bonds. The van der Waals surface area contributed by atoms with Crippen molar-refractivity contribution in [3.63, 3.8) is 0 Å². The highest BCUT2D eigenvalue weighted by Crippen LogP contribution is 2.13. The van der Waals surface area contributed by atoms with E-state index in [1.54, 1.807) is 19.1 Å². The second-order valence-corrected chi connectivity index (χ2v) is 9.14. The van der Waals surface area contributed by atoms with Gasteiger partial charge in [-0.1, -0.05) is 68.4 Å². The molecule has 2 aromatic carbocycles. The zero-order valence-electron chi connectivity index (χ0n) is 21.8. The Morgan fingerprint density at radius 3 is 2.14 bits per heavy atom. The van der Waals surface area contributed by atoms with Gasteiger partial charge in [-0.25, -0.2) is 9.59 Å². The Labute approximate surface area is 226 Å². The van der Waals surface area contributed by atoms with E-state index in [2.05, 4.69) is 17.2 Å². The highest BCUT2D eigenvalue weighted by atomic mass is 35.5. The number of ether oxygens (including phenoxy) is 2. The summed E-state index contributed by atoms with van der Waals surface area (Å²) < 4.78 is 9.66. The van der Waals surface area contributed by atoms with E-state index in [0.29, 0.717) is 5.56 Å². The Morgan fingerprint density at radius 2 is 1.49 bits per heavy atom. The van der Waals surface area contributed by atoms with Gasteiger partial charge < -0.3 is 14.8 Å². The van der Waals surface area contributed by atoms with Crippen LogP contribution in [-0.4, -0.2) is 25.1 Å². The quantitative estimate of drug-likeness (QED) is 0.0795. The Bertz CT molecular complexity index is 1020. The van der Waals surface area contributed by atoms with Crippen LogP contribution in [-0.2, 0) is 14.3 Å². The topological polar surface area (TPSA) is 64.6 Å². The highest BCUT2D eigenvalue weighted by Gasteiger charge is 2.06. The number of carbonyl (C=O) groups is 2. The lowest BCUT2D eigenvalue weighted by Crippen LogP contribution is -2.04. The molecule has 0 saturated carbocycles. The average Bonchev–Trinajstić information content (AvgIpc) is 2.90. The van der Waals surface area contributed by atoms with Gasteiger partial charge in [0.25, 0.3) is 0 Å². The van der Waals surface area contributed by atoms with Crippen LogP contribution in [0.15, 0.2) is 60.9 Å². The summed E-state index contributed by atoms with van der Waals surface area (Å²) >= 11 is 5.88. The second-order valence-electron chi connectivity index (χ2n) is 8.70. The number of hydrogen-bond acceptors (Lipinski definition) is 5. The number of unbranched alkanes of at least 4 members (excludes halogenated alkanes) is 9. The van der Waals surface area contributed by atoms with E-state index >= 15 is 0 Å². The van der Waals surface area contributed by atoms with Crippen molar-refractivity contribution in [1.82, 2.24) is 0 Å². The molecule has 0 aromatic heterocycles. The number of esters is 2. The average molecular weight is 524 g/mol. The molecule has 0 atom stereocenters. The maximum atomic E-state index is 12.0. The molecule has 2 rings (SSSR count). The molecule has 0 aliphatic rings. The van der Waals surface area contributed by atoms with Crippen molar-refractivity contribution >= 4 is 29.2 Å². The monoisotopic (exact) mass is 523 g/mol. The van der Waals surface area contributed by atoms with Gasteiger partial charge in [0.1, 0.15) is 6.26 Å². The first-order valence-corrected chi connectivity index (χ1v) is 13.6.